The molecule has 1 amide bonds. The predicted molar refractivity (Wildman–Crippen MR) is 166 cm³/mol. The number of aromatic hydroxyl groups is 2. The Morgan fingerprint density at radius 3 is 2.46 bits per heavy atom. The van der Waals surface area contributed by atoms with Crippen molar-refractivity contribution in [3.63, 3.8) is 0 Å². The summed E-state index contributed by atoms with van der Waals surface area (Å²) in [7, 11) is 0. The van der Waals surface area contributed by atoms with Crippen molar-refractivity contribution in [2.75, 3.05) is 32.7 Å². The van der Waals surface area contributed by atoms with E-state index in [1.807, 2.05) is 18.2 Å². The van der Waals surface area contributed by atoms with Crippen LogP contribution in [0.4, 0.5) is 0 Å². The second-order valence-electron chi connectivity index (χ2n) is 11.5. The van der Waals surface area contributed by atoms with Crippen molar-refractivity contribution in [2.24, 2.45) is 11.8 Å². The van der Waals surface area contributed by atoms with Crippen LogP contribution in [0.3, 0.4) is 0 Å². The van der Waals surface area contributed by atoms with Crippen LogP contribution in [-0.2, 0) is 23.2 Å². The van der Waals surface area contributed by atoms with Crippen LogP contribution in [0, 0.1) is 11.8 Å². The maximum Gasteiger partial charge on any atom is 0.240 e. The molecule has 1 fully saturated rings. The first-order valence-electron chi connectivity index (χ1n) is 13.5. The largest absolute Gasteiger partial charge is 0.508 e. The average Bonchev–Trinajstić information content (AvgIpc) is 2.85. The number of carbonyl (C=O) groups is 1. The highest BCUT2D eigenvalue weighted by Gasteiger charge is 2.38. The number of nitrogens with zero attached hydrogens (tertiary/aromatic N) is 2. The molecule has 1 saturated heterocycles. The Labute approximate surface area is 252 Å². The first-order valence-corrected chi connectivity index (χ1v) is 13.5. The van der Waals surface area contributed by atoms with Gasteiger partial charge in [0, 0.05) is 32.7 Å². The van der Waals surface area contributed by atoms with E-state index in [1.54, 1.807) is 18.2 Å². The highest BCUT2D eigenvalue weighted by molar-refractivity contribution is 5.86. The fourth-order valence-electron chi connectivity index (χ4n) is 5.71. The molecule has 39 heavy (non-hydrogen) atoms. The number of piperidine rings is 1. The monoisotopic (exact) mass is 601 g/mol. The van der Waals surface area contributed by atoms with Gasteiger partial charge >= 0.3 is 0 Å². The Morgan fingerprint density at radius 2 is 1.79 bits per heavy atom. The van der Waals surface area contributed by atoms with Gasteiger partial charge in [-0.25, -0.2) is 0 Å². The third kappa shape index (κ3) is 8.64. The van der Waals surface area contributed by atoms with Crippen LogP contribution >= 0.6 is 37.2 Å². The third-order valence-corrected chi connectivity index (χ3v) is 8.50. The van der Waals surface area contributed by atoms with E-state index in [9.17, 15) is 15.0 Å². The molecule has 2 aromatic carbocycles. The van der Waals surface area contributed by atoms with Gasteiger partial charge in [-0.1, -0.05) is 45.9 Å². The summed E-state index contributed by atoms with van der Waals surface area (Å²) in [5.41, 5.74) is 3.46. The molecule has 0 aromatic heterocycles. The van der Waals surface area contributed by atoms with E-state index in [-0.39, 0.29) is 60.3 Å². The van der Waals surface area contributed by atoms with Crippen LogP contribution in [0.2, 0.25) is 0 Å². The number of halogens is 3. The van der Waals surface area contributed by atoms with Gasteiger partial charge in [-0.05, 0) is 84.0 Å². The summed E-state index contributed by atoms with van der Waals surface area (Å²) in [6.45, 7) is 14.0. The average molecular weight is 603 g/mol. The van der Waals surface area contributed by atoms with Gasteiger partial charge in [0.1, 0.15) is 11.5 Å². The van der Waals surface area contributed by atoms with E-state index in [0.717, 1.165) is 56.7 Å². The summed E-state index contributed by atoms with van der Waals surface area (Å²) >= 11 is 0. The highest BCUT2D eigenvalue weighted by atomic mass is 35.5. The summed E-state index contributed by atoms with van der Waals surface area (Å²) in [6.07, 6.45) is 2.69. The lowest BCUT2D eigenvalue weighted by atomic mass is 9.68. The number of phenolic OH excluding ortho intramolecular Hbond substituents is 2. The van der Waals surface area contributed by atoms with Crippen molar-refractivity contribution >= 4 is 43.1 Å². The van der Waals surface area contributed by atoms with Gasteiger partial charge in [0.15, 0.2) is 0 Å². The van der Waals surface area contributed by atoms with Crippen LogP contribution < -0.4 is 5.32 Å². The molecule has 0 radical (unpaired) electrons. The first kappa shape index (κ1) is 35.3. The standard InChI is InChI=1S/C30H43N3O3.3ClH/c1-21(2)10-12-33(29(36)28-17-23-8-9-27(35)16-24(23)19-31-28)15-14-32-13-11-30(4,22(3)20-32)25-6-5-7-26(34)18-25;;;/h5-9,16,18,21-22,28,31,34-35H,10-15,17,19-20H2,1-4H3;3*1H/t22-,28+,30+;;;/m0.../s1. The quantitative estimate of drug-likeness (QED) is 0.369. The number of likely N-dealkylation sites (tertiary alicyclic amines) is 1. The smallest absolute Gasteiger partial charge is 0.240 e. The topological polar surface area (TPSA) is 76.0 Å². The molecule has 220 valence electrons. The number of benzene rings is 2. The number of amides is 1. The number of fused-ring (bicyclic) bond motifs is 1. The van der Waals surface area contributed by atoms with Gasteiger partial charge in [0.05, 0.1) is 6.04 Å². The highest BCUT2D eigenvalue weighted by Crippen LogP contribution is 2.40. The molecule has 0 unspecified atom stereocenters. The van der Waals surface area contributed by atoms with Crippen LogP contribution in [0.5, 0.6) is 11.5 Å². The lowest BCUT2D eigenvalue weighted by Crippen LogP contribution is -2.53. The maximum atomic E-state index is 13.6. The number of phenols is 2. The molecule has 0 bridgehead atoms. The van der Waals surface area contributed by atoms with Crippen molar-refractivity contribution < 1.29 is 15.0 Å². The molecule has 2 aliphatic rings. The molecular weight excluding hydrogens is 557 g/mol. The third-order valence-electron chi connectivity index (χ3n) is 8.50. The van der Waals surface area contributed by atoms with Crippen molar-refractivity contribution in [1.29, 1.82) is 0 Å². The Bertz CT molecular complexity index is 1070. The molecule has 3 N–H and O–H groups in total. The van der Waals surface area contributed by atoms with E-state index in [0.29, 0.717) is 30.6 Å². The number of hydrogen-bond donors (Lipinski definition) is 3. The number of rotatable bonds is 8. The summed E-state index contributed by atoms with van der Waals surface area (Å²) < 4.78 is 0. The van der Waals surface area contributed by atoms with Crippen molar-refractivity contribution in [3.8, 4) is 11.5 Å². The second kappa shape index (κ2) is 15.3. The number of hydrogen-bond acceptors (Lipinski definition) is 5. The molecule has 0 aliphatic carbocycles. The van der Waals surface area contributed by atoms with Crippen LogP contribution in [0.25, 0.3) is 0 Å². The molecule has 2 aromatic rings. The van der Waals surface area contributed by atoms with E-state index >= 15 is 0 Å². The molecular formula is C30H46Cl3N3O3. The van der Waals surface area contributed by atoms with Crippen LogP contribution in [-0.4, -0.2) is 64.7 Å². The number of nitrogens with one attached hydrogen (secondary N) is 1. The lowest BCUT2D eigenvalue weighted by Gasteiger charge is -2.45. The zero-order valence-electron chi connectivity index (χ0n) is 23.6. The zero-order chi connectivity index (χ0) is 25.9. The normalized spacial score (nSPS) is 22.6. The second-order valence-corrected chi connectivity index (χ2v) is 11.5. The van der Waals surface area contributed by atoms with Gasteiger partial charge in [0.2, 0.25) is 5.91 Å². The molecule has 6 nitrogen and oxygen atoms in total. The van der Waals surface area contributed by atoms with Crippen LogP contribution in [0.1, 0.15) is 57.2 Å². The van der Waals surface area contributed by atoms with Gasteiger partial charge in [-0.3, -0.25) is 4.79 Å². The Morgan fingerprint density at radius 1 is 1.08 bits per heavy atom. The summed E-state index contributed by atoms with van der Waals surface area (Å²) in [5.74, 6) is 1.78. The minimum atomic E-state index is -0.219. The minimum Gasteiger partial charge on any atom is -0.508 e. The first-order chi connectivity index (χ1) is 17.2. The van der Waals surface area contributed by atoms with Gasteiger partial charge < -0.3 is 25.3 Å². The summed E-state index contributed by atoms with van der Waals surface area (Å²) in [4.78, 5) is 18.2. The molecule has 2 aliphatic heterocycles. The van der Waals surface area contributed by atoms with Crippen molar-refractivity contribution in [2.45, 2.75) is 65.0 Å². The van der Waals surface area contributed by atoms with Crippen molar-refractivity contribution in [3.05, 3.63) is 59.2 Å². The Kier molecular flexibility index (Phi) is 13.9. The molecule has 9 heteroatoms. The fourth-order valence-corrected chi connectivity index (χ4v) is 5.71. The maximum absolute atomic E-state index is 13.6. The molecule has 4 rings (SSSR count). The minimum absolute atomic E-state index is 0. The van der Waals surface area contributed by atoms with E-state index in [2.05, 4.69) is 48.9 Å². The van der Waals surface area contributed by atoms with E-state index in [4.69, 9.17) is 0 Å². The lowest BCUT2D eigenvalue weighted by molar-refractivity contribution is -0.134. The molecule has 0 saturated carbocycles. The Balaban J connectivity index is 0.00000253. The van der Waals surface area contributed by atoms with Gasteiger partial charge in [-0.15, -0.1) is 37.2 Å². The molecule has 2 heterocycles. The number of carbonyl (C=O) groups excluding carboxylic acids is 1. The van der Waals surface area contributed by atoms with E-state index in [1.165, 1.54) is 5.56 Å². The Hall–Kier alpha value is -1.70. The molecule has 0 spiro atoms. The van der Waals surface area contributed by atoms with Crippen LogP contribution in [0.15, 0.2) is 42.5 Å². The zero-order valence-corrected chi connectivity index (χ0v) is 26.0. The van der Waals surface area contributed by atoms with Gasteiger partial charge in [0.25, 0.3) is 0 Å². The SMILES string of the molecule is CC(C)CCN(CCN1CC[C@@](C)(c2cccc(O)c2)[C@@H](C)C1)C(=O)[C@H]1Cc2ccc(O)cc2CN1.Cl.Cl.Cl. The van der Waals surface area contributed by atoms with E-state index < -0.39 is 0 Å². The summed E-state index contributed by atoms with van der Waals surface area (Å²) in [6, 6.07) is 13.0. The molecule has 3 atom stereocenters. The van der Waals surface area contributed by atoms with Crippen molar-refractivity contribution in [1.82, 2.24) is 15.1 Å². The predicted octanol–water partition coefficient (Wildman–Crippen LogP) is 5.55. The fraction of sp³-hybridized carbons (Fsp3) is 0.567. The van der Waals surface area contributed by atoms with Gasteiger partial charge in [-0.2, -0.15) is 0 Å². The summed E-state index contributed by atoms with van der Waals surface area (Å²) in [5, 5.41) is 23.2.